The molecule has 1 unspecified atom stereocenters. The molecule has 4 heteroatoms. The second-order valence-corrected chi connectivity index (χ2v) is 4.87. The summed E-state index contributed by atoms with van der Waals surface area (Å²) in [5, 5.41) is 0. The number of nitrogens with zero attached hydrogens (tertiary/aromatic N) is 2. The van der Waals surface area contributed by atoms with Crippen LogP contribution in [-0.4, -0.2) is 43.2 Å². The van der Waals surface area contributed by atoms with E-state index in [0.717, 1.165) is 6.54 Å². The van der Waals surface area contributed by atoms with Gasteiger partial charge in [0, 0.05) is 13.7 Å². The summed E-state index contributed by atoms with van der Waals surface area (Å²) >= 11 is 0. The van der Waals surface area contributed by atoms with Crippen molar-refractivity contribution in [3.8, 4) is 0 Å². The molecule has 1 aliphatic carbocycles. The van der Waals surface area contributed by atoms with Crippen molar-refractivity contribution >= 4 is 5.96 Å². The van der Waals surface area contributed by atoms with E-state index in [9.17, 15) is 0 Å². The fourth-order valence-corrected chi connectivity index (χ4v) is 2.50. The lowest BCUT2D eigenvalue weighted by Crippen LogP contribution is -2.45. The van der Waals surface area contributed by atoms with Crippen LogP contribution in [0.15, 0.2) is 4.99 Å². The molecule has 0 saturated heterocycles. The summed E-state index contributed by atoms with van der Waals surface area (Å²) < 4.78 is 5.17. The van der Waals surface area contributed by atoms with Crippen molar-refractivity contribution in [3.63, 3.8) is 0 Å². The monoisotopic (exact) mass is 241 g/mol. The van der Waals surface area contributed by atoms with Gasteiger partial charge in [-0.25, -0.2) is 4.99 Å². The molecular formula is C13H27N3O. The first kappa shape index (κ1) is 14.3. The summed E-state index contributed by atoms with van der Waals surface area (Å²) in [7, 11) is 1.72. The molecule has 100 valence electrons. The van der Waals surface area contributed by atoms with E-state index in [1.54, 1.807) is 7.11 Å². The quantitative estimate of drug-likeness (QED) is 0.591. The highest BCUT2D eigenvalue weighted by Crippen LogP contribution is 2.20. The Balaban J connectivity index is 2.56. The number of aliphatic imine (C=N–C) groups is 1. The Kier molecular flexibility index (Phi) is 6.34. The van der Waals surface area contributed by atoms with Gasteiger partial charge in [0.25, 0.3) is 0 Å². The zero-order valence-corrected chi connectivity index (χ0v) is 11.5. The zero-order valence-electron chi connectivity index (χ0n) is 11.5. The van der Waals surface area contributed by atoms with Crippen molar-refractivity contribution in [1.29, 1.82) is 0 Å². The Morgan fingerprint density at radius 2 is 2.06 bits per heavy atom. The smallest absolute Gasteiger partial charge is 0.191 e. The number of guanidine groups is 1. The molecule has 0 bridgehead atoms. The fourth-order valence-electron chi connectivity index (χ4n) is 2.50. The van der Waals surface area contributed by atoms with E-state index in [4.69, 9.17) is 10.5 Å². The number of methoxy groups -OCH3 is 1. The Morgan fingerprint density at radius 1 is 1.41 bits per heavy atom. The molecule has 0 aliphatic heterocycles. The van der Waals surface area contributed by atoms with Gasteiger partial charge in [-0.1, -0.05) is 19.3 Å². The maximum Gasteiger partial charge on any atom is 0.191 e. The van der Waals surface area contributed by atoms with E-state index in [1.165, 1.54) is 32.1 Å². The molecule has 17 heavy (non-hydrogen) atoms. The molecule has 0 radical (unpaired) electrons. The van der Waals surface area contributed by atoms with Crippen molar-refractivity contribution < 1.29 is 4.74 Å². The minimum absolute atomic E-state index is 0.289. The lowest BCUT2D eigenvalue weighted by atomic mass is 9.96. The maximum atomic E-state index is 6.11. The lowest BCUT2D eigenvalue weighted by Gasteiger charge is -2.30. The van der Waals surface area contributed by atoms with Crippen LogP contribution in [0, 0.1) is 0 Å². The van der Waals surface area contributed by atoms with Crippen molar-refractivity contribution in [2.45, 2.75) is 58.0 Å². The topological polar surface area (TPSA) is 50.8 Å². The molecule has 1 fully saturated rings. The molecule has 0 aromatic rings. The van der Waals surface area contributed by atoms with Crippen molar-refractivity contribution in [2.24, 2.45) is 10.7 Å². The summed E-state index contributed by atoms with van der Waals surface area (Å²) in [6, 6.07) is 0.727. The van der Waals surface area contributed by atoms with Crippen LogP contribution in [0.1, 0.15) is 46.0 Å². The molecule has 0 spiro atoms. The minimum Gasteiger partial charge on any atom is -0.383 e. The Bertz CT molecular complexity index is 237. The highest BCUT2D eigenvalue weighted by molar-refractivity contribution is 5.78. The van der Waals surface area contributed by atoms with Gasteiger partial charge < -0.3 is 15.4 Å². The average molecular weight is 241 g/mol. The van der Waals surface area contributed by atoms with Crippen LogP contribution in [0.2, 0.25) is 0 Å². The van der Waals surface area contributed by atoms with Crippen LogP contribution in [0.3, 0.4) is 0 Å². The first-order chi connectivity index (χ1) is 8.19. The normalized spacial score (nSPS) is 20.3. The van der Waals surface area contributed by atoms with E-state index < -0.39 is 0 Å². The van der Waals surface area contributed by atoms with Gasteiger partial charge in [0.2, 0.25) is 0 Å². The predicted molar refractivity (Wildman–Crippen MR) is 72.2 cm³/mol. The van der Waals surface area contributed by atoms with Crippen LogP contribution in [0.25, 0.3) is 0 Å². The van der Waals surface area contributed by atoms with Crippen molar-refractivity contribution in [2.75, 3.05) is 20.3 Å². The number of rotatable bonds is 5. The predicted octanol–water partition coefficient (Wildman–Crippen LogP) is 1.99. The molecule has 4 nitrogen and oxygen atoms in total. The minimum atomic E-state index is 0.289. The molecule has 1 rings (SSSR count). The van der Waals surface area contributed by atoms with Gasteiger partial charge >= 0.3 is 0 Å². The zero-order chi connectivity index (χ0) is 12.7. The van der Waals surface area contributed by atoms with Crippen molar-refractivity contribution in [1.82, 2.24) is 4.90 Å². The maximum absolute atomic E-state index is 6.11. The standard InChI is InChI=1S/C13H27N3O/c1-4-16(11(2)10-17-3)13(14)15-12-8-6-5-7-9-12/h11-12H,4-10H2,1-3H3,(H2,14,15). The van der Waals surface area contributed by atoms with Crippen LogP contribution in [0.5, 0.6) is 0 Å². The fraction of sp³-hybridized carbons (Fsp3) is 0.923. The van der Waals surface area contributed by atoms with E-state index in [-0.39, 0.29) is 6.04 Å². The number of likely N-dealkylation sites (N-methyl/N-ethyl adjacent to an activating group) is 1. The van der Waals surface area contributed by atoms with Gasteiger partial charge in [-0.3, -0.25) is 0 Å². The largest absolute Gasteiger partial charge is 0.383 e. The molecule has 2 N–H and O–H groups in total. The summed E-state index contributed by atoms with van der Waals surface area (Å²) in [5.41, 5.74) is 6.11. The van der Waals surface area contributed by atoms with Gasteiger partial charge in [-0.15, -0.1) is 0 Å². The molecule has 1 saturated carbocycles. The number of hydrogen-bond donors (Lipinski definition) is 1. The van der Waals surface area contributed by atoms with E-state index in [0.29, 0.717) is 18.6 Å². The number of nitrogens with two attached hydrogens (primary N) is 1. The van der Waals surface area contributed by atoms with Gasteiger partial charge in [0.05, 0.1) is 18.7 Å². The molecule has 0 amide bonds. The highest BCUT2D eigenvalue weighted by Gasteiger charge is 2.17. The third kappa shape index (κ3) is 4.54. The van der Waals surface area contributed by atoms with E-state index in [2.05, 4.69) is 23.7 Å². The third-order valence-corrected chi connectivity index (χ3v) is 3.46. The van der Waals surface area contributed by atoms with Gasteiger partial charge in [0.1, 0.15) is 0 Å². The van der Waals surface area contributed by atoms with Crippen molar-refractivity contribution in [3.05, 3.63) is 0 Å². The molecular weight excluding hydrogens is 214 g/mol. The first-order valence-electron chi connectivity index (χ1n) is 6.77. The van der Waals surface area contributed by atoms with Gasteiger partial charge in [-0.2, -0.15) is 0 Å². The molecule has 1 aliphatic rings. The Labute approximate surface area is 105 Å². The second kappa shape index (κ2) is 7.54. The SMILES string of the molecule is CCN(C(N)=NC1CCCCC1)C(C)COC. The molecule has 0 aromatic heterocycles. The summed E-state index contributed by atoms with van der Waals surface area (Å²) in [5.74, 6) is 0.684. The van der Waals surface area contributed by atoms with Crippen LogP contribution >= 0.6 is 0 Å². The van der Waals surface area contributed by atoms with Crippen LogP contribution < -0.4 is 5.73 Å². The van der Waals surface area contributed by atoms with Gasteiger partial charge in [0.15, 0.2) is 5.96 Å². The molecule has 0 aromatic carbocycles. The van der Waals surface area contributed by atoms with Gasteiger partial charge in [-0.05, 0) is 26.7 Å². The summed E-state index contributed by atoms with van der Waals surface area (Å²) in [4.78, 5) is 6.80. The lowest BCUT2D eigenvalue weighted by molar-refractivity contribution is 0.137. The van der Waals surface area contributed by atoms with Crippen LogP contribution in [0.4, 0.5) is 0 Å². The highest BCUT2D eigenvalue weighted by atomic mass is 16.5. The summed E-state index contributed by atoms with van der Waals surface area (Å²) in [6.45, 7) is 5.80. The Hall–Kier alpha value is -0.770. The first-order valence-corrected chi connectivity index (χ1v) is 6.77. The van der Waals surface area contributed by atoms with Crippen LogP contribution in [-0.2, 0) is 4.74 Å². The second-order valence-electron chi connectivity index (χ2n) is 4.87. The Morgan fingerprint density at radius 3 is 2.59 bits per heavy atom. The van der Waals surface area contributed by atoms with E-state index in [1.807, 2.05) is 0 Å². The summed E-state index contributed by atoms with van der Waals surface area (Å²) in [6.07, 6.45) is 6.32. The third-order valence-electron chi connectivity index (χ3n) is 3.46. The average Bonchev–Trinajstić information content (AvgIpc) is 2.31. The number of hydrogen-bond acceptors (Lipinski definition) is 2. The van der Waals surface area contributed by atoms with E-state index >= 15 is 0 Å². The molecule has 0 heterocycles. The number of ether oxygens (including phenoxy) is 1. The molecule has 1 atom stereocenters.